The van der Waals surface area contributed by atoms with Crippen molar-refractivity contribution in [1.82, 2.24) is 4.98 Å². The number of nitrogens with two attached hydrogens (primary N) is 2. The Hall–Kier alpha value is -2.76. The van der Waals surface area contributed by atoms with Crippen LogP contribution in [0.5, 0.6) is 5.75 Å². The molecule has 0 aliphatic carbocycles. The van der Waals surface area contributed by atoms with Gasteiger partial charge >= 0.3 is 0 Å². The van der Waals surface area contributed by atoms with Crippen molar-refractivity contribution in [1.29, 1.82) is 0 Å². The molecule has 0 fully saturated rings. The summed E-state index contributed by atoms with van der Waals surface area (Å²) in [6, 6.07) is 10.6. The van der Waals surface area contributed by atoms with Crippen LogP contribution in [0, 0.1) is 6.92 Å². The molecule has 2 aromatic rings. The lowest BCUT2D eigenvalue weighted by atomic mass is 10.2. The SMILES string of the molecule is Cc1ccc(C(N)=O)c(NCCOc2cccc(N)c2)n1. The first-order valence-corrected chi connectivity index (χ1v) is 6.56. The predicted molar refractivity (Wildman–Crippen MR) is 82.3 cm³/mol. The summed E-state index contributed by atoms with van der Waals surface area (Å²) in [5, 5.41) is 3.05. The molecule has 0 aliphatic heterocycles. The van der Waals surface area contributed by atoms with E-state index in [2.05, 4.69) is 10.3 Å². The Labute approximate surface area is 123 Å². The summed E-state index contributed by atoms with van der Waals surface area (Å²) in [5.41, 5.74) is 12.8. The van der Waals surface area contributed by atoms with Gasteiger partial charge in [0.25, 0.3) is 5.91 Å². The minimum Gasteiger partial charge on any atom is -0.492 e. The number of nitrogens with one attached hydrogen (secondary N) is 1. The van der Waals surface area contributed by atoms with Crippen LogP contribution in [0.2, 0.25) is 0 Å². The first-order valence-electron chi connectivity index (χ1n) is 6.56. The summed E-state index contributed by atoms with van der Waals surface area (Å²) in [4.78, 5) is 15.6. The van der Waals surface area contributed by atoms with E-state index in [0.717, 1.165) is 5.69 Å². The Kier molecular flexibility index (Phi) is 4.61. The number of carbonyl (C=O) groups excluding carboxylic acids is 1. The van der Waals surface area contributed by atoms with Crippen LogP contribution in [-0.2, 0) is 0 Å². The number of hydrogen-bond acceptors (Lipinski definition) is 5. The molecule has 0 saturated carbocycles. The zero-order valence-corrected chi connectivity index (χ0v) is 11.8. The number of primary amides is 1. The summed E-state index contributed by atoms with van der Waals surface area (Å²) >= 11 is 0. The third kappa shape index (κ3) is 4.10. The molecule has 110 valence electrons. The Morgan fingerprint density at radius 3 is 2.86 bits per heavy atom. The molecule has 0 radical (unpaired) electrons. The zero-order chi connectivity index (χ0) is 15.2. The highest BCUT2D eigenvalue weighted by Gasteiger charge is 2.09. The fourth-order valence-electron chi connectivity index (χ4n) is 1.83. The van der Waals surface area contributed by atoms with Crippen LogP contribution in [-0.4, -0.2) is 24.0 Å². The number of carbonyl (C=O) groups is 1. The zero-order valence-electron chi connectivity index (χ0n) is 11.8. The Bertz CT molecular complexity index is 643. The quantitative estimate of drug-likeness (QED) is 0.552. The molecule has 21 heavy (non-hydrogen) atoms. The number of pyridine rings is 1. The average molecular weight is 286 g/mol. The number of rotatable bonds is 6. The van der Waals surface area contributed by atoms with Crippen LogP contribution in [0.1, 0.15) is 16.1 Å². The van der Waals surface area contributed by atoms with E-state index in [9.17, 15) is 4.79 Å². The molecule has 2 rings (SSSR count). The Balaban J connectivity index is 1.91. The number of amides is 1. The molecule has 1 aromatic heterocycles. The minimum absolute atomic E-state index is 0.365. The van der Waals surface area contributed by atoms with Gasteiger partial charge in [-0.15, -0.1) is 0 Å². The number of nitrogens with zero attached hydrogens (tertiary/aromatic N) is 1. The van der Waals surface area contributed by atoms with Crippen molar-refractivity contribution < 1.29 is 9.53 Å². The summed E-state index contributed by atoms with van der Waals surface area (Å²) in [5.74, 6) is 0.657. The highest BCUT2D eigenvalue weighted by molar-refractivity contribution is 5.97. The summed E-state index contributed by atoms with van der Waals surface area (Å²) in [7, 11) is 0. The van der Waals surface area contributed by atoms with E-state index in [4.69, 9.17) is 16.2 Å². The van der Waals surface area contributed by atoms with Crippen molar-refractivity contribution in [3.8, 4) is 5.75 Å². The number of nitrogen functional groups attached to an aromatic ring is 1. The van der Waals surface area contributed by atoms with Gasteiger partial charge in [-0.25, -0.2) is 4.98 Å². The van der Waals surface area contributed by atoms with Crippen LogP contribution in [0.15, 0.2) is 36.4 Å². The molecule has 0 unspecified atom stereocenters. The maximum Gasteiger partial charge on any atom is 0.252 e. The molecule has 5 N–H and O–H groups in total. The van der Waals surface area contributed by atoms with Gasteiger partial charge in [-0.3, -0.25) is 4.79 Å². The molecule has 1 amide bonds. The molecule has 6 heteroatoms. The van der Waals surface area contributed by atoms with Gasteiger partial charge in [0, 0.05) is 17.4 Å². The summed E-state index contributed by atoms with van der Waals surface area (Å²) in [6.45, 7) is 2.75. The minimum atomic E-state index is -0.512. The van der Waals surface area contributed by atoms with Gasteiger partial charge in [0.15, 0.2) is 0 Å². The molecule has 1 heterocycles. The van der Waals surface area contributed by atoms with E-state index in [1.54, 1.807) is 24.3 Å². The lowest BCUT2D eigenvalue weighted by Crippen LogP contribution is -2.18. The van der Waals surface area contributed by atoms with Gasteiger partial charge in [-0.2, -0.15) is 0 Å². The van der Waals surface area contributed by atoms with Crippen LogP contribution in [0.25, 0.3) is 0 Å². The Morgan fingerprint density at radius 2 is 2.14 bits per heavy atom. The maximum atomic E-state index is 11.3. The van der Waals surface area contributed by atoms with E-state index in [-0.39, 0.29) is 0 Å². The van der Waals surface area contributed by atoms with E-state index >= 15 is 0 Å². The third-order valence-electron chi connectivity index (χ3n) is 2.82. The number of ether oxygens (including phenoxy) is 1. The molecule has 0 saturated heterocycles. The van der Waals surface area contributed by atoms with Gasteiger partial charge in [0.05, 0.1) is 12.1 Å². The first-order chi connectivity index (χ1) is 10.1. The van der Waals surface area contributed by atoms with E-state index in [1.807, 2.05) is 19.1 Å². The maximum absolute atomic E-state index is 11.3. The number of aromatic nitrogens is 1. The molecule has 0 spiro atoms. The van der Waals surface area contributed by atoms with Gasteiger partial charge in [-0.1, -0.05) is 6.07 Å². The summed E-state index contributed by atoms with van der Waals surface area (Å²) in [6.07, 6.45) is 0. The second-order valence-electron chi connectivity index (χ2n) is 4.56. The van der Waals surface area contributed by atoms with Gasteiger partial charge in [-0.05, 0) is 31.2 Å². The van der Waals surface area contributed by atoms with Crippen molar-refractivity contribution >= 4 is 17.4 Å². The normalized spacial score (nSPS) is 10.1. The van der Waals surface area contributed by atoms with Crippen LogP contribution in [0.3, 0.4) is 0 Å². The standard InChI is InChI=1S/C15H18N4O2/c1-10-5-6-13(14(17)20)15(19-10)18-7-8-21-12-4-2-3-11(16)9-12/h2-6,9H,7-8,16H2,1H3,(H2,17,20)(H,18,19). The smallest absolute Gasteiger partial charge is 0.252 e. The number of aryl methyl sites for hydroxylation is 1. The summed E-state index contributed by atoms with van der Waals surface area (Å²) < 4.78 is 5.55. The third-order valence-corrected chi connectivity index (χ3v) is 2.82. The first kappa shape index (κ1) is 14.6. The topological polar surface area (TPSA) is 103 Å². The lowest BCUT2D eigenvalue weighted by Gasteiger charge is -2.11. The van der Waals surface area contributed by atoms with Gasteiger partial charge in [0.2, 0.25) is 0 Å². The molecule has 0 atom stereocenters. The molecule has 6 nitrogen and oxygen atoms in total. The fraction of sp³-hybridized carbons (Fsp3) is 0.200. The fourth-order valence-corrected chi connectivity index (χ4v) is 1.83. The van der Waals surface area contributed by atoms with E-state index < -0.39 is 5.91 Å². The molecular formula is C15H18N4O2. The molecule has 0 bridgehead atoms. The highest BCUT2D eigenvalue weighted by Crippen LogP contribution is 2.15. The van der Waals surface area contributed by atoms with Crippen molar-refractivity contribution in [3.63, 3.8) is 0 Å². The number of anilines is 2. The van der Waals surface area contributed by atoms with Crippen LogP contribution < -0.4 is 21.5 Å². The average Bonchev–Trinajstić information content (AvgIpc) is 2.43. The van der Waals surface area contributed by atoms with E-state index in [0.29, 0.717) is 36.0 Å². The number of hydrogen-bond donors (Lipinski definition) is 3. The van der Waals surface area contributed by atoms with Gasteiger partial charge < -0.3 is 21.5 Å². The predicted octanol–water partition coefficient (Wildman–Crippen LogP) is 1.56. The van der Waals surface area contributed by atoms with Crippen LogP contribution in [0.4, 0.5) is 11.5 Å². The monoisotopic (exact) mass is 286 g/mol. The van der Waals surface area contributed by atoms with Crippen LogP contribution >= 0.6 is 0 Å². The molecule has 0 aliphatic rings. The van der Waals surface area contributed by atoms with Crippen molar-refractivity contribution in [2.45, 2.75) is 6.92 Å². The largest absolute Gasteiger partial charge is 0.492 e. The lowest BCUT2D eigenvalue weighted by molar-refractivity contribution is 0.100. The van der Waals surface area contributed by atoms with Gasteiger partial charge in [0.1, 0.15) is 18.2 Å². The second kappa shape index (κ2) is 6.60. The Morgan fingerprint density at radius 1 is 1.33 bits per heavy atom. The van der Waals surface area contributed by atoms with E-state index in [1.165, 1.54) is 0 Å². The molecule has 1 aromatic carbocycles. The number of benzene rings is 1. The second-order valence-corrected chi connectivity index (χ2v) is 4.56. The van der Waals surface area contributed by atoms with Crippen molar-refractivity contribution in [3.05, 3.63) is 47.7 Å². The highest BCUT2D eigenvalue weighted by atomic mass is 16.5. The van der Waals surface area contributed by atoms with Crippen molar-refractivity contribution in [2.24, 2.45) is 5.73 Å². The molecular weight excluding hydrogens is 268 g/mol. The van der Waals surface area contributed by atoms with Crippen molar-refractivity contribution in [2.75, 3.05) is 24.2 Å².